The molecule has 1 amide bonds. The number of benzene rings is 3. The number of hydrogen-bond donors (Lipinski definition) is 0. The van der Waals surface area contributed by atoms with Gasteiger partial charge < -0.3 is 14.4 Å². The van der Waals surface area contributed by atoms with Crippen molar-refractivity contribution in [1.29, 1.82) is 0 Å². The summed E-state index contributed by atoms with van der Waals surface area (Å²) in [4.78, 5) is 14.4. The molecular weight excluding hydrogens is 369 g/mol. The Hall–Kier alpha value is -3.18. The fraction of sp³-hybridized carbons (Fsp3) is 0.208. The second-order valence-corrected chi connectivity index (χ2v) is 6.96. The second kappa shape index (κ2) is 8.45. The summed E-state index contributed by atoms with van der Waals surface area (Å²) in [7, 11) is 1.56. The van der Waals surface area contributed by atoms with E-state index in [1.165, 1.54) is 17.7 Å². The number of nitrogens with zero attached hydrogens (tertiary/aromatic N) is 1. The van der Waals surface area contributed by atoms with Crippen LogP contribution in [0.2, 0.25) is 0 Å². The molecule has 1 aliphatic rings. The van der Waals surface area contributed by atoms with E-state index in [-0.39, 0.29) is 18.3 Å². The molecule has 0 bridgehead atoms. The summed E-state index contributed by atoms with van der Waals surface area (Å²) in [6.45, 7) is 0.943. The maximum Gasteiger partial charge on any atom is 0.253 e. The van der Waals surface area contributed by atoms with Gasteiger partial charge in [-0.15, -0.1) is 0 Å². The lowest BCUT2D eigenvalue weighted by atomic mass is 10.00. The van der Waals surface area contributed by atoms with Gasteiger partial charge in [-0.2, -0.15) is 0 Å². The molecule has 5 heteroatoms. The van der Waals surface area contributed by atoms with E-state index in [1.807, 2.05) is 36.4 Å². The number of carbonyl (C=O) groups excluding carboxylic acids is 1. The number of carbonyl (C=O) groups is 1. The Morgan fingerprint density at radius 3 is 2.66 bits per heavy atom. The van der Waals surface area contributed by atoms with Crippen LogP contribution in [0, 0.1) is 5.82 Å². The minimum Gasteiger partial charge on any atom is -0.496 e. The van der Waals surface area contributed by atoms with Gasteiger partial charge in [-0.1, -0.05) is 36.4 Å². The average Bonchev–Trinajstić information content (AvgIpc) is 2.90. The van der Waals surface area contributed by atoms with Crippen molar-refractivity contribution < 1.29 is 18.7 Å². The van der Waals surface area contributed by atoms with Gasteiger partial charge in [-0.3, -0.25) is 4.79 Å². The van der Waals surface area contributed by atoms with Gasteiger partial charge in [0.25, 0.3) is 5.91 Å². The van der Waals surface area contributed by atoms with Crippen molar-refractivity contribution >= 4 is 11.6 Å². The Morgan fingerprint density at radius 2 is 1.86 bits per heavy atom. The van der Waals surface area contributed by atoms with Crippen LogP contribution in [0.1, 0.15) is 11.1 Å². The van der Waals surface area contributed by atoms with Crippen LogP contribution in [-0.4, -0.2) is 26.2 Å². The normalized spacial score (nSPS) is 13.7. The van der Waals surface area contributed by atoms with E-state index in [0.717, 1.165) is 23.2 Å². The van der Waals surface area contributed by atoms with Crippen molar-refractivity contribution in [3.05, 3.63) is 83.7 Å². The molecular formula is C24H22FNO3. The van der Waals surface area contributed by atoms with E-state index in [2.05, 4.69) is 12.1 Å². The second-order valence-electron chi connectivity index (χ2n) is 6.96. The minimum atomic E-state index is -0.327. The largest absolute Gasteiger partial charge is 0.496 e. The third-order valence-corrected chi connectivity index (χ3v) is 5.09. The molecule has 1 heterocycles. The lowest BCUT2D eigenvalue weighted by Gasteiger charge is -2.23. The van der Waals surface area contributed by atoms with Crippen LogP contribution in [0.3, 0.4) is 0 Å². The first kappa shape index (κ1) is 19.2. The van der Waals surface area contributed by atoms with Gasteiger partial charge in [0, 0.05) is 23.4 Å². The topological polar surface area (TPSA) is 38.8 Å². The van der Waals surface area contributed by atoms with Gasteiger partial charge in [0.05, 0.1) is 13.7 Å². The molecule has 0 aliphatic carbocycles. The molecule has 4 rings (SSSR count). The first-order valence-electron chi connectivity index (χ1n) is 9.54. The molecule has 3 aromatic carbocycles. The lowest BCUT2D eigenvalue weighted by molar-refractivity contribution is -0.123. The van der Waals surface area contributed by atoms with Crippen molar-refractivity contribution in [3.8, 4) is 16.9 Å². The highest BCUT2D eigenvalue weighted by molar-refractivity contribution is 5.96. The van der Waals surface area contributed by atoms with E-state index in [9.17, 15) is 9.18 Å². The standard InChI is InChI=1S/C24H22FNO3/c1-28-23-10-8-20(25)14-21(23)18-7-9-22-19(13-18)15-29-16-24(27)26(22)12-11-17-5-3-2-4-6-17/h2-10,13-14H,11-12,15-16H2,1H3. The molecule has 29 heavy (non-hydrogen) atoms. The molecule has 0 N–H and O–H groups in total. The zero-order chi connectivity index (χ0) is 20.2. The minimum absolute atomic E-state index is 0.0437. The number of rotatable bonds is 5. The van der Waals surface area contributed by atoms with E-state index in [0.29, 0.717) is 24.5 Å². The summed E-state index contributed by atoms with van der Waals surface area (Å²) in [5, 5.41) is 0. The van der Waals surface area contributed by atoms with Crippen molar-refractivity contribution in [3.63, 3.8) is 0 Å². The summed E-state index contributed by atoms with van der Waals surface area (Å²) in [5.74, 6) is 0.209. The smallest absolute Gasteiger partial charge is 0.253 e. The summed E-state index contributed by atoms with van der Waals surface area (Å²) in [6.07, 6.45) is 0.755. The molecule has 3 aromatic rings. The number of ether oxygens (including phenoxy) is 2. The Bertz CT molecular complexity index is 1020. The van der Waals surface area contributed by atoms with Gasteiger partial charge in [0.1, 0.15) is 18.2 Å². The van der Waals surface area contributed by atoms with Crippen molar-refractivity contribution in [2.24, 2.45) is 0 Å². The SMILES string of the molecule is COc1ccc(F)cc1-c1ccc2c(c1)COCC(=O)N2CCc1ccccc1. The summed E-state index contributed by atoms with van der Waals surface area (Å²) < 4.78 is 24.8. The zero-order valence-corrected chi connectivity index (χ0v) is 16.2. The first-order chi connectivity index (χ1) is 14.2. The van der Waals surface area contributed by atoms with Gasteiger partial charge in [-0.25, -0.2) is 4.39 Å². The molecule has 0 saturated carbocycles. The van der Waals surface area contributed by atoms with Crippen LogP contribution >= 0.6 is 0 Å². The van der Waals surface area contributed by atoms with Gasteiger partial charge >= 0.3 is 0 Å². The molecule has 1 aliphatic heterocycles. The van der Waals surface area contributed by atoms with E-state index >= 15 is 0 Å². The third kappa shape index (κ3) is 4.15. The summed E-state index contributed by atoms with van der Waals surface area (Å²) >= 11 is 0. The number of anilines is 1. The van der Waals surface area contributed by atoms with Gasteiger partial charge in [0.2, 0.25) is 0 Å². The summed E-state index contributed by atoms with van der Waals surface area (Å²) in [5.41, 5.74) is 4.39. The fourth-order valence-corrected chi connectivity index (χ4v) is 3.63. The van der Waals surface area contributed by atoms with Crippen molar-refractivity contribution in [1.82, 2.24) is 0 Å². The molecule has 0 saturated heterocycles. The Morgan fingerprint density at radius 1 is 1.03 bits per heavy atom. The van der Waals surface area contributed by atoms with Crippen molar-refractivity contribution in [2.45, 2.75) is 13.0 Å². The number of amides is 1. The van der Waals surface area contributed by atoms with Crippen molar-refractivity contribution in [2.75, 3.05) is 25.2 Å². The quantitative estimate of drug-likeness (QED) is 0.638. The van der Waals surface area contributed by atoms with Crippen LogP contribution < -0.4 is 9.64 Å². The average molecular weight is 391 g/mol. The Balaban J connectivity index is 1.67. The maximum atomic E-state index is 13.8. The molecule has 0 radical (unpaired) electrons. The molecule has 148 valence electrons. The van der Waals surface area contributed by atoms with E-state index in [4.69, 9.17) is 9.47 Å². The molecule has 0 spiro atoms. The van der Waals surface area contributed by atoms with Crippen LogP contribution in [0.5, 0.6) is 5.75 Å². The molecule has 0 unspecified atom stereocenters. The zero-order valence-electron chi connectivity index (χ0n) is 16.2. The van der Waals surface area contributed by atoms with Crippen LogP contribution in [0.4, 0.5) is 10.1 Å². The molecule has 4 nitrogen and oxygen atoms in total. The third-order valence-electron chi connectivity index (χ3n) is 5.09. The maximum absolute atomic E-state index is 13.8. The highest BCUT2D eigenvalue weighted by Gasteiger charge is 2.23. The van der Waals surface area contributed by atoms with Crippen LogP contribution in [0.25, 0.3) is 11.1 Å². The predicted molar refractivity (Wildman–Crippen MR) is 111 cm³/mol. The van der Waals surface area contributed by atoms with E-state index < -0.39 is 0 Å². The lowest BCUT2D eigenvalue weighted by Crippen LogP contribution is -2.34. The van der Waals surface area contributed by atoms with Crippen LogP contribution in [-0.2, 0) is 22.6 Å². The molecule has 0 aromatic heterocycles. The number of hydrogen-bond acceptors (Lipinski definition) is 3. The van der Waals surface area contributed by atoms with Gasteiger partial charge in [-0.05, 0) is 47.9 Å². The molecule has 0 atom stereocenters. The van der Waals surface area contributed by atoms with E-state index in [1.54, 1.807) is 18.1 Å². The Kier molecular flexibility index (Phi) is 5.58. The number of methoxy groups -OCH3 is 1. The monoisotopic (exact) mass is 391 g/mol. The summed E-state index contributed by atoms with van der Waals surface area (Å²) in [6, 6.07) is 20.3. The predicted octanol–water partition coefficient (Wildman–Crippen LogP) is 4.61. The van der Waals surface area contributed by atoms with Gasteiger partial charge in [0.15, 0.2) is 0 Å². The Labute approximate surface area is 169 Å². The first-order valence-corrected chi connectivity index (χ1v) is 9.54. The van der Waals surface area contributed by atoms with Crippen LogP contribution in [0.15, 0.2) is 66.7 Å². The molecule has 0 fully saturated rings. The fourth-order valence-electron chi connectivity index (χ4n) is 3.63. The highest BCUT2D eigenvalue weighted by Crippen LogP contribution is 2.35. The number of fused-ring (bicyclic) bond motifs is 1. The number of halogens is 1. The highest BCUT2D eigenvalue weighted by atomic mass is 19.1.